The van der Waals surface area contributed by atoms with Crippen molar-refractivity contribution in [2.75, 3.05) is 0 Å². The van der Waals surface area contributed by atoms with Crippen LogP contribution in [0.1, 0.15) is 15.9 Å². The van der Waals surface area contributed by atoms with Gasteiger partial charge in [0.25, 0.3) is 0 Å². The van der Waals surface area contributed by atoms with Crippen molar-refractivity contribution in [2.24, 2.45) is 0 Å². The molecule has 0 atom stereocenters. The molecule has 1 aliphatic rings. The minimum Gasteiger partial charge on any atom is -0.355 e. The topological polar surface area (TPSA) is 43.1 Å². The monoisotopic (exact) mass is 299 g/mol. The average molecular weight is 300 g/mol. The molecule has 4 rings (SSSR count). The Morgan fingerprint density at radius 3 is 2.61 bits per heavy atom. The highest BCUT2D eigenvalue weighted by atomic mass is 79.9. The zero-order valence-corrected chi connectivity index (χ0v) is 10.7. The first-order chi connectivity index (χ1) is 8.77. The van der Waals surface area contributed by atoms with E-state index in [1.54, 1.807) is 0 Å². The van der Waals surface area contributed by atoms with Crippen molar-refractivity contribution in [3.8, 4) is 11.3 Å². The van der Waals surface area contributed by atoms with Crippen LogP contribution in [0, 0.1) is 0 Å². The van der Waals surface area contributed by atoms with Crippen LogP contribution in [-0.4, -0.2) is 10.9 Å². The molecule has 3 nitrogen and oxygen atoms in total. The largest absolute Gasteiger partial charge is 0.355 e. The van der Waals surface area contributed by atoms with Crippen LogP contribution in [0.5, 0.6) is 0 Å². The van der Waals surface area contributed by atoms with Gasteiger partial charge in [-0.3, -0.25) is 4.79 Å². The van der Waals surface area contributed by atoms with E-state index < -0.39 is 0 Å². The van der Waals surface area contributed by atoms with Crippen LogP contribution >= 0.6 is 15.9 Å². The van der Waals surface area contributed by atoms with Crippen LogP contribution in [0.3, 0.4) is 0 Å². The quantitative estimate of drug-likeness (QED) is 0.496. The lowest BCUT2D eigenvalue weighted by molar-refractivity contribution is 0.104. The van der Waals surface area contributed by atoms with Crippen molar-refractivity contribution in [3.63, 3.8) is 0 Å². The van der Waals surface area contributed by atoms with E-state index in [2.05, 4.69) is 21.1 Å². The zero-order chi connectivity index (χ0) is 12.3. The predicted octanol–water partition coefficient (Wildman–Crippen LogP) is 3.80. The number of halogens is 1. The molecule has 86 valence electrons. The Morgan fingerprint density at radius 1 is 1.00 bits per heavy atom. The number of hydrogen-bond donors (Lipinski definition) is 0. The molecule has 0 saturated heterocycles. The Hall–Kier alpha value is -1.94. The van der Waals surface area contributed by atoms with Crippen molar-refractivity contribution in [1.29, 1.82) is 0 Å². The second kappa shape index (κ2) is 3.29. The summed E-state index contributed by atoms with van der Waals surface area (Å²) in [5, 5.41) is 4.85. The zero-order valence-electron chi connectivity index (χ0n) is 9.11. The number of aromatic nitrogens is 1. The van der Waals surface area contributed by atoms with E-state index in [4.69, 9.17) is 4.52 Å². The lowest BCUT2D eigenvalue weighted by Gasteiger charge is -2.13. The van der Waals surface area contributed by atoms with Crippen LogP contribution in [0.4, 0.5) is 0 Å². The molecule has 0 N–H and O–H groups in total. The fourth-order valence-corrected chi connectivity index (χ4v) is 2.82. The number of fused-ring (bicyclic) bond motifs is 2. The summed E-state index contributed by atoms with van der Waals surface area (Å²) in [6.07, 6.45) is 0. The molecule has 2 aromatic carbocycles. The number of nitrogens with zero attached hydrogens (tertiary/aromatic N) is 1. The first-order valence-electron chi connectivity index (χ1n) is 5.49. The Labute approximate surface area is 111 Å². The summed E-state index contributed by atoms with van der Waals surface area (Å²) >= 11 is 3.42. The summed E-state index contributed by atoms with van der Waals surface area (Å²) in [7, 11) is 0. The minimum absolute atomic E-state index is 0.0267. The normalized spacial score (nSPS) is 12.8. The maximum atomic E-state index is 12.4. The Kier molecular flexibility index (Phi) is 1.84. The summed E-state index contributed by atoms with van der Waals surface area (Å²) in [6.45, 7) is 0. The van der Waals surface area contributed by atoms with Gasteiger partial charge in [-0.1, -0.05) is 29.4 Å². The number of rotatable bonds is 0. The first-order valence-corrected chi connectivity index (χ1v) is 6.28. The number of hydrogen-bond acceptors (Lipinski definition) is 3. The van der Waals surface area contributed by atoms with E-state index in [1.165, 1.54) is 0 Å². The van der Waals surface area contributed by atoms with Gasteiger partial charge in [0.15, 0.2) is 11.5 Å². The van der Waals surface area contributed by atoms with Crippen LogP contribution in [0.2, 0.25) is 0 Å². The van der Waals surface area contributed by atoms with Crippen molar-refractivity contribution < 1.29 is 9.32 Å². The van der Waals surface area contributed by atoms with Gasteiger partial charge in [-0.15, -0.1) is 0 Å². The SMILES string of the molecule is O=C1c2ccccc2-c2onc3c(Br)ccc1c23. The van der Waals surface area contributed by atoms with E-state index in [9.17, 15) is 4.79 Å². The Balaban J connectivity index is 2.26. The van der Waals surface area contributed by atoms with Crippen molar-refractivity contribution in [2.45, 2.75) is 0 Å². The van der Waals surface area contributed by atoms with Gasteiger partial charge in [-0.25, -0.2) is 0 Å². The number of ketones is 1. The number of carbonyl (C=O) groups excluding carboxylic acids is 1. The van der Waals surface area contributed by atoms with Crippen molar-refractivity contribution >= 4 is 32.6 Å². The van der Waals surface area contributed by atoms with E-state index in [-0.39, 0.29) is 5.78 Å². The first kappa shape index (κ1) is 10.0. The van der Waals surface area contributed by atoms with Gasteiger partial charge < -0.3 is 4.52 Å². The Bertz CT molecular complexity index is 820. The molecule has 0 saturated carbocycles. The highest BCUT2D eigenvalue weighted by Crippen LogP contribution is 2.41. The van der Waals surface area contributed by atoms with Gasteiger partial charge in [-0.05, 0) is 28.1 Å². The summed E-state index contributed by atoms with van der Waals surface area (Å²) in [5.74, 6) is 0.704. The van der Waals surface area contributed by atoms with Crippen LogP contribution in [0.15, 0.2) is 45.4 Å². The van der Waals surface area contributed by atoms with Gasteiger partial charge in [-0.2, -0.15) is 0 Å². The fourth-order valence-electron chi connectivity index (χ4n) is 2.42. The fraction of sp³-hybridized carbons (Fsp3) is 0. The predicted molar refractivity (Wildman–Crippen MR) is 70.6 cm³/mol. The van der Waals surface area contributed by atoms with Gasteiger partial charge in [0.05, 0.1) is 5.39 Å². The molecule has 1 heterocycles. The van der Waals surface area contributed by atoms with Crippen LogP contribution < -0.4 is 0 Å². The standard InChI is InChI=1S/C14H6BrNO2/c15-10-6-5-9-11-12(10)16-18-14(11)8-4-2-1-3-7(8)13(9)17/h1-6H. The molecule has 0 unspecified atom stereocenters. The Morgan fingerprint density at radius 2 is 1.78 bits per heavy atom. The maximum Gasteiger partial charge on any atom is 0.194 e. The summed E-state index contributed by atoms with van der Waals surface area (Å²) in [4.78, 5) is 12.4. The van der Waals surface area contributed by atoms with Gasteiger partial charge in [0, 0.05) is 21.2 Å². The molecule has 0 aliphatic heterocycles. The van der Waals surface area contributed by atoms with Gasteiger partial charge in [0.2, 0.25) is 0 Å². The molecular weight excluding hydrogens is 294 g/mol. The average Bonchev–Trinajstić information content (AvgIpc) is 2.84. The third-order valence-corrected chi connectivity index (χ3v) is 3.88. The lowest BCUT2D eigenvalue weighted by Crippen LogP contribution is -2.08. The second-order valence-corrected chi connectivity index (χ2v) is 5.06. The van der Waals surface area contributed by atoms with Crippen LogP contribution in [0.25, 0.3) is 22.2 Å². The van der Waals surface area contributed by atoms with Gasteiger partial charge in [0.1, 0.15) is 5.52 Å². The highest BCUT2D eigenvalue weighted by molar-refractivity contribution is 9.10. The highest BCUT2D eigenvalue weighted by Gasteiger charge is 2.29. The molecule has 4 heteroatoms. The molecule has 0 amide bonds. The molecule has 0 bridgehead atoms. The maximum absolute atomic E-state index is 12.4. The van der Waals surface area contributed by atoms with E-state index >= 15 is 0 Å². The van der Waals surface area contributed by atoms with E-state index in [0.717, 1.165) is 15.4 Å². The lowest BCUT2D eigenvalue weighted by atomic mass is 9.88. The second-order valence-electron chi connectivity index (χ2n) is 4.20. The third-order valence-electron chi connectivity index (χ3n) is 3.24. The summed E-state index contributed by atoms with van der Waals surface area (Å²) in [5.41, 5.74) is 2.84. The molecule has 1 aliphatic carbocycles. The molecule has 3 aromatic rings. The molecular formula is C14H6BrNO2. The van der Waals surface area contributed by atoms with Gasteiger partial charge >= 0.3 is 0 Å². The van der Waals surface area contributed by atoms with Crippen molar-refractivity contribution in [1.82, 2.24) is 5.16 Å². The minimum atomic E-state index is 0.0267. The van der Waals surface area contributed by atoms with Crippen molar-refractivity contribution in [3.05, 3.63) is 52.0 Å². The van der Waals surface area contributed by atoms with E-state index in [0.29, 0.717) is 22.4 Å². The summed E-state index contributed by atoms with van der Waals surface area (Å²) < 4.78 is 6.26. The number of benzene rings is 2. The molecule has 1 aromatic heterocycles. The third kappa shape index (κ3) is 1.08. The molecule has 0 fully saturated rings. The molecule has 18 heavy (non-hydrogen) atoms. The van der Waals surface area contributed by atoms with E-state index in [1.807, 2.05) is 36.4 Å². The smallest absolute Gasteiger partial charge is 0.194 e. The van der Waals surface area contributed by atoms with Crippen LogP contribution in [-0.2, 0) is 0 Å². The number of carbonyl (C=O) groups is 1. The summed E-state index contributed by atoms with van der Waals surface area (Å²) in [6, 6.07) is 11.1. The molecule has 0 radical (unpaired) electrons. The molecule has 0 spiro atoms.